The summed E-state index contributed by atoms with van der Waals surface area (Å²) in [7, 11) is 0. The predicted molar refractivity (Wildman–Crippen MR) is 110 cm³/mol. The molecule has 136 valence electrons. The second-order valence-corrected chi connectivity index (χ2v) is 7.00. The largest absolute Gasteiger partial charge is 0.357 e. The first-order chi connectivity index (χ1) is 10.7. The molecule has 1 amide bonds. The van der Waals surface area contributed by atoms with Gasteiger partial charge in [0.2, 0.25) is 5.91 Å². The van der Waals surface area contributed by atoms with Gasteiger partial charge in [0, 0.05) is 22.1 Å². The van der Waals surface area contributed by atoms with Crippen LogP contribution in [-0.4, -0.2) is 30.5 Å². The van der Waals surface area contributed by atoms with E-state index in [-0.39, 0.29) is 54.3 Å². The molecule has 1 aromatic rings. The Balaban J connectivity index is 0.00000529. The number of nitrogens with zero attached hydrogens (tertiary/aromatic N) is 1. The van der Waals surface area contributed by atoms with E-state index in [4.69, 9.17) is 0 Å². The molecule has 0 aliphatic rings. The highest BCUT2D eigenvalue weighted by Gasteiger charge is 2.13. The number of carbonyl (C=O) groups is 1. The van der Waals surface area contributed by atoms with Crippen molar-refractivity contribution in [1.29, 1.82) is 0 Å². The van der Waals surface area contributed by atoms with Crippen LogP contribution in [0.4, 0.5) is 4.39 Å². The van der Waals surface area contributed by atoms with Gasteiger partial charge in [-0.15, -0.1) is 24.0 Å². The lowest BCUT2D eigenvalue weighted by Crippen LogP contribution is -2.48. The number of benzene rings is 1. The summed E-state index contributed by atoms with van der Waals surface area (Å²) in [6.07, 6.45) is 0. The summed E-state index contributed by atoms with van der Waals surface area (Å²) in [6.45, 7) is 8.60. The highest BCUT2D eigenvalue weighted by Crippen LogP contribution is 2.16. The van der Waals surface area contributed by atoms with Crippen LogP contribution in [0, 0.1) is 5.82 Å². The summed E-state index contributed by atoms with van der Waals surface area (Å²) in [6, 6.07) is 4.73. The number of rotatable bonds is 5. The molecular weight excluding hydrogens is 490 g/mol. The lowest BCUT2D eigenvalue weighted by Gasteiger charge is -2.21. The van der Waals surface area contributed by atoms with E-state index in [9.17, 15) is 9.18 Å². The fraction of sp³-hybridized carbons (Fsp3) is 0.500. The van der Waals surface area contributed by atoms with Gasteiger partial charge in [0.1, 0.15) is 5.82 Å². The molecule has 0 unspecified atom stereocenters. The zero-order valence-corrected chi connectivity index (χ0v) is 18.3. The average Bonchev–Trinajstić information content (AvgIpc) is 2.43. The molecule has 3 N–H and O–H groups in total. The van der Waals surface area contributed by atoms with Crippen LogP contribution in [-0.2, 0) is 11.3 Å². The van der Waals surface area contributed by atoms with Crippen LogP contribution in [0.5, 0.6) is 0 Å². The van der Waals surface area contributed by atoms with E-state index in [0.717, 1.165) is 4.47 Å². The summed E-state index contributed by atoms with van der Waals surface area (Å²) >= 11 is 3.31. The number of halogens is 3. The minimum absolute atomic E-state index is 0. The topological polar surface area (TPSA) is 65.5 Å². The molecule has 0 aromatic heterocycles. The third-order valence-corrected chi connectivity index (χ3v) is 3.18. The summed E-state index contributed by atoms with van der Waals surface area (Å²) in [5.41, 5.74) is 0.198. The standard InChI is InChI=1S/C16H24BrFN4O.HI/c1-5-19-15(21-10-14(23)22-16(2,3)4)20-9-11-8-12(17)6-7-13(11)18;/h6-8H,5,9-10H2,1-4H3,(H,22,23)(H2,19,20,21);1H. The summed E-state index contributed by atoms with van der Waals surface area (Å²) < 4.78 is 14.5. The predicted octanol–water partition coefficient (Wildman–Crippen LogP) is 3.18. The Morgan fingerprint density at radius 2 is 1.96 bits per heavy atom. The smallest absolute Gasteiger partial charge is 0.239 e. The van der Waals surface area contributed by atoms with E-state index in [1.165, 1.54) is 6.07 Å². The lowest BCUT2D eigenvalue weighted by molar-refractivity contribution is -0.121. The van der Waals surface area contributed by atoms with Crippen LogP contribution in [0.2, 0.25) is 0 Å². The van der Waals surface area contributed by atoms with Crippen molar-refractivity contribution in [2.45, 2.75) is 39.8 Å². The molecule has 0 atom stereocenters. The van der Waals surface area contributed by atoms with Gasteiger partial charge in [-0.05, 0) is 45.9 Å². The number of nitrogens with one attached hydrogen (secondary N) is 3. The third kappa shape index (κ3) is 9.41. The van der Waals surface area contributed by atoms with E-state index in [0.29, 0.717) is 18.1 Å². The van der Waals surface area contributed by atoms with Crippen LogP contribution < -0.4 is 16.0 Å². The Bertz CT molecular complexity index is 576. The van der Waals surface area contributed by atoms with Gasteiger partial charge in [0.05, 0.1) is 13.1 Å². The molecule has 0 spiro atoms. The van der Waals surface area contributed by atoms with Gasteiger partial charge in [-0.25, -0.2) is 9.38 Å². The summed E-state index contributed by atoms with van der Waals surface area (Å²) in [5, 5.41) is 8.83. The second kappa shape index (κ2) is 10.9. The maximum absolute atomic E-state index is 13.7. The van der Waals surface area contributed by atoms with Gasteiger partial charge in [-0.2, -0.15) is 0 Å². The average molecular weight is 515 g/mol. The van der Waals surface area contributed by atoms with Crippen LogP contribution in [0.15, 0.2) is 27.7 Å². The van der Waals surface area contributed by atoms with Gasteiger partial charge in [-0.1, -0.05) is 15.9 Å². The molecule has 0 radical (unpaired) electrons. The summed E-state index contributed by atoms with van der Waals surface area (Å²) in [4.78, 5) is 16.1. The van der Waals surface area contributed by atoms with Gasteiger partial charge in [-0.3, -0.25) is 4.79 Å². The SMILES string of the molecule is CCNC(=NCc1cc(Br)ccc1F)NCC(=O)NC(C)(C)C.I. The van der Waals surface area contributed by atoms with Crippen molar-refractivity contribution < 1.29 is 9.18 Å². The Morgan fingerprint density at radius 3 is 2.54 bits per heavy atom. The van der Waals surface area contributed by atoms with Crippen molar-refractivity contribution in [3.63, 3.8) is 0 Å². The zero-order chi connectivity index (χ0) is 17.5. The zero-order valence-electron chi connectivity index (χ0n) is 14.4. The van der Waals surface area contributed by atoms with Crippen molar-refractivity contribution in [3.8, 4) is 0 Å². The number of carbonyl (C=O) groups excluding carboxylic acids is 1. The number of hydrogen-bond donors (Lipinski definition) is 3. The van der Waals surface area contributed by atoms with E-state index in [1.807, 2.05) is 27.7 Å². The molecule has 0 aliphatic carbocycles. The fourth-order valence-corrected chi connectivity index (χ4v) is 2.21. The molecule has 0 saturated carbocycles. The minimum atomic E-state index is -0.307. The number of hydrogen-bond acceptors (Lipinski definition) is 2. The molecule has 24 heavy (non-hydrogen) atoms. The molecule has 8 heteroatoms. The van der Waals surface area contributed by atoms with Crippen LogP contribution in [0.25, 0.3) is 0 Å². The molecule has 5 nitrogen and oxygen atoms in total. The monoisotopic (exact) mass is 514 g/mol. The van der Waals surface area contributed by atoms with Crippen molar-refractivity contribution in [2.24, 2.45) is 4.99 Å². The van der Waals surface area contributed by atoms with E-state index >= 15 is 0 Å². The Kier molecular flexibility index (Phi) is 10.5. The Morgan fingerprint density at radius 1 is 1.29 bits per heavy atom. The molecule has 0 aliphatic heterocycles. The number of aliphatic imine (C=N–C) groups is 1. The van der Waals surface area contributed by atoms with Crippen LogP contribution >= 0.6 is 39.9 Å². The first-order valence-electron chi connectivity index (χ1n) is 7.48. The van der Waals surface area contributed by atoms with Crippen molar-refractivity contribution in [1.82, 2.24) is 16.0 Å². The van der Waals surface area contributed by atoms with Crippen LogP contribution in [0.3, 0.4) is 0 Å². The second-order valence-electron chi connectivity index (χ2n) is 6.08. The first-order valence-corrected chi connectivity index (χ1v) is 8.27. The van der Waals surface area contributed by atoms with Gasteiger partial charge < -0.3 is 16.0 Å². The fourth-order valence-electron chi connectivity index (χ4n) is 1.80. The Labute approximate surface area is 168 Å². The van der Waals surface area contributed by atoms with Crippen LogP contribution in [0.1, 0.15) is 33.3 Å². The summed E-state index contributed by atoms with van der Waals surface area (Å²) in [5.74, 6) is 0.0333. The van der Waals surface area contributed by atoms with E-state index in [1.54, 1.807) is 12.1 Å². The molecule has 0 saturated heterocycles. The van der Waals surface area contributed by atoms with Crippen molar-refractivity contribution in [2.75, 3.05) is 13.1 Å². The molecule has 1 aromatic carbocycles. The minimum Gasteiger partial charge on any atom is -0.357 e. The van der Waals surface area contributed by atoms with Gasteiger partial charge in [0.15, 0.2) is 5.96 Å². The lowest BCUT2D eigenvalue weighted by atomic mass is 10.1. The molecule has 0 heterocycles. The van der Waals surface area contributed by atoms with Crippen molar-refractivity contribution in [3.05, 3.63) is 34.1 Å². The quantitative estimate of drug-likeness (QED) is 0.321. The number of guanidine groups is 1. The third-order valence-electron chi connectivity index (χ3n) is 2.69. The first kappa shape index (κ1) is 23.1. The maximum atomic E-state index is 13.7. The molecule has 1 rings (SSSR count). The molecule has 0 fully saturated rings. The molecule has 0 bridgehead atoms. The highest BCUT2D eigenvalue weighted by atomic mass is 127. The maximum Gasteiger partial charge on any atom is 0.239 e. The van der Waals surface area contributed by atoms with Crippen molar-refractivity contribution >= 4 is 51.8 Å². The Hall–Kier alpha value is -0.900. The highest BCUT2D eigenvalue weighted by molar-refractivity contribution is 14.0. The van der Waals surface area contributed by atoms with Gasteiger partial charge in [0.25, 0.3) is 0 Å². The van der Waals surface area contributed by atoms with E-state index < -0.39 is 0 Å². The molecular formula is C16H25BrFIN4O. The normalized spacial score (nSPS) is 11.5. The number of amides is 1. The van der Waals surface area contributed by atoms with E-state index in [2.05, 4.69) is 36.9 Å². The van der Waals surface area contributed by atoms with Gasteiger partial charge >= 0.3 is 0 Å².